The van der Waals surface area contributed by atoms with Crippen molar-refractivity contribution in [2.45, 2.75) is 50.3 Å². The van der Waals surface area contributed by atoms with Crippen LogP contribution >= 0.6 is 11.6 Å². The number of nitrogens with two attached hydrogens (primary N) is 1. The van der Waals surface area contributed by atoms with E-state index in [0.29, 0.717) is 17.9 Å². The number of hydrogen-bond donors (Lipinski definition) is 3. The molecule has 0 spiro atoms. The van der Waals surface area contributed by atoms with E-state index in [1.54, 1.807) is 6.92 Å². The van der Waals surface area contributed by atoms with Crippen molar-refractivity contribution in [2.75, 3.05) is 13.1 Å². The number of rotatable bonds is 8. The molecule has 0 bridgehead atoms. The van der Waals surface area contributed by atoms with Gasteiger partial charge in [-0.15, -0.1) is 0 Å². The number of primary amides is 1. The minimum absolute atomic E-state index is 0.171. The Kier molecular flexibility index (Phi) is 7.10. The SMILES string of the molecule is CC1(C[C@H](C(=O)NN(C[C@@H]2CCNC2=O)C(=O)[C@H](F)Cl)c2c(C(N)=O)noc2C(F)(F)F)CC1. The lowest BCUT2D eigenvalue weighted by molar-refractivity contribution is -0.157. The zero-order valence-corrected chi connectivity index (χ0v) is 18.6. The summed E-state index contributed by atoms with van der Waals surface area (Å²) in [5.41, 5.74) is 2.36. The smallest absolute Gasteiger partial charge is 0.364 e. The van der Waals surface area contributed by atoms with Gasteiger partial charge in [0, 0.05) is 6.54 Å². The lowest BCUT2D eigenvalue weighted by atomic mass is 9.85. The van der Waals surface area contributed by atoms with E-state index in [1.165, 1.54) is 0 Å². The van der Waals surface area contributed by atoms with Crippen LogP contribution in [0.4, 0.5) is 17.6 Å². The van der Waals surface area contributed by atoms with E-state index in [2.05, 4.69) is 20.4 Å². The van der Waals surface area contributed by atoms with Crippen molar-refractivity contribution < 1.29 is 41.3 Å². The number of hydrazine groups is 1. The van der Waals surface area contributed by atoms with Crippen molar-refractivity contribution in [1.82, 2.24) is 20.9 Å². The summed E-state index contributed by atoms with van der Waals surface area (Å²) in [5, 5.41) is 6.08. The molecular weight excluding hydrogens is 490 g/mol. The molecular formula is C19H22ClF4N5O5. The molecule has 2 heterocycles. The number of nitrogens with zero attached hydrogens (tertiary/aromatic N) is 2. The summed E-state index contributed by atoms with van der Waals surface area (Å²) in [4.78, 5) is 49.2. The highest BCUT2D eigenvalue weighted by Crippen LogP contribution is 2.53. The standard InChI is InChI=1S/C19H22ClF4N5O5/c1-18(3-4-18)6-9(10-11(14(25)30)28-34-12(10)19(22,23)24)16(32)27-29(17(33)13(20)21)7-8-2-5-26-15(8)31/h8-9,13H,2-7H2,1H3,(H2,25,30)(H,26,31)(H,27,32)/t8-,9-,13-/m0/s1. The first-order valence-corrected chi connectivity index (χ1v) is 10.7. The fourth-order valence-electron chi connectivity index (χ4n) is 3.80. The first kappa shape index (κ1) is 25.7. The monoisotopic (exact) mass is 511 g/mol. The van der Waals surface area contributed by atoms with Gasteiger partial charge < -0.3 is 15.6 Å². The van der Waals surface area contributed by atoms with Gasteiger partial charge in [0.15, 0.2) is 5.69 Å². The van der Waals surface area contributed by atoms with Gasteiger partial charge >= 0.3 is 6.18 Å². The molecule has 3 rings (SSSR count). The topological polar surface area (TPSA) is 148 Å². The van der Waals surface area contributed by atoms with Gasteiger partial charge in [0.25, 0.3) is 17.4 Å². The van der Waals surface area contributed by atoms with Crippen molar-refractivity contribution in [2.24, 2.45) is 17.1 Å². The van der Waals surface area contributed by atoms with E-state index in [-0.39, 0.29) is 19.4 Å². The highest BCUT2D eigenvalue weighted by molar-refractivity contribution is 6.29. The predicted octanol–water partition coefficient (Wildman–Crippen LogP) is 1.60. The molecule has 2 fully saturated rings. The Bertz CT molecular complexity index is 994. The molecule has 4 N–H and O–H groups in total. The first-order chi connectivity index (χ1) is 15.7. The van der Waals surface area contributed by atoms with E-state index < -0.39 is 76.2 Å². The third kappa shape index (κ3) is 5.59. The molecule has 1 saturated heterocycles. The summed E-state index contributed by atoms with van der Waals surface area (Å²) < 4.78 is 58.8. The second-order valence-corrected chi connectivity index (χ2v) is 9.09. The summed E-state index contributed by atoms with van der Waals surface area (Å²) in [5.74, 6) is -8.56. The van der Waals surface area contributed by atoms with Crippen molar-refractivity contribution in [3.8, 4) is 0 Å². The minimum Gasteiger partial charge on any atom is -0.364 e. The lowest BCUT2D eigenvalue weighted by Gasteiger charge is -2.28. The Hall–Kier alpha value is -2.90. The number of aromatic nitrogens is 1. The fourth-order valence-corrected chi connectivity index (χ4v) is 3.92. The Morgan fingerprint density at radius 3 is 2.50 bits per heavy atom. The van der Waals surface area contributed by atoms with Gasteiger partial charge in [-0.05, 0) is 31.1 Å². The molecule has 0 unspecified atom stereocenters. The van der Waals surface area contributed by atoms with Gasteiger partial charge in [0.2, 0.25) is 17.6 Å². The highest BCUT2D eigenvalue weighted by atomic mass is 35.5. The van der Waals surface area contributed by atoms with E-state index in [0.717, 1.165) is 0 Å². The fraction of sp³-hybridized carbons (Fsp3) is 0.632. The first-order valence-electron chi connectivity index (χ1n) is 10.3. The van der Waals surface area contributed by atoms with E-state index >= 15 is 0 Å². The normalized spacial score (nSPS) is 20.9. The summed E-state index contributed by atoms with van der Waals surface area (Å²) in [7, 11) is 0. The molecule has 0 radical (unpaired) electrons. The average molecular weight is 512 g/mol. The molecule has 3 atom stereocenters. The second kappa shape index (κ2) is 9.39. The van der Waals surface area contributed by atoms with Crippen molar-refractivity contribution >= 4 is 35.2 Å². The maximum atomic E-state index is 13.6. The number of amides is 4. The summed E-state index contributed by atoms with van der Waals surface area (Å²) in [6.07, 6.45) is -3.83. The van der Waals surface area contributed by atoms with Gasteiger partial charge in [0.1, 0.15) is 0 Å². The van der Waals surface area contributed by atoms with Gasteiger partial charge in [-0.3, -0.25) is 24.6 Å². The van der Waals surface area contributed by atoms with Gasteiger partial charge in [0.05, 0.1) is 23.9 Å². The van der Waals surface area contributed by atoms with Crippen LogP contribution < -0.4 is 16.5 Å². The molecule has 1 aromatic rings. The zero-order chi connectivity index (χ0) is 25.4. The number of carbonyl (C=O) groups is 4. The minimum atomic E-state index is -5.11. The summed E-state index contributed by atoms with van der Waals surface area (Å²) >= 11 is 5.23. The van der Waals surface area contributed by atoms with Crippen molar-refractivity contribution in [3.05, 3.63) is 17.0 Å². The van der Waals surface area contributed by atoms with Crippen LogP contribution in [0.15, 0.2) is 4.52 Å². The van der Waals surface area contributed by atoms with Crippen molar-refractivity contribution in [1.29, 1.82) is 0 Å². The molecule has 10 nitrogen and oxygen atoms in total. The van der Waals surface area contributed by atoms with Crippen LogP contribution in [0, 0.1) is 11.3 Å². The molecule has 15 heteroatoms. The number of carbonyl (C=O) groups excluding carboxylic acids is 4. The molecule has 188 valence electrons. The Morgan fingerprint density at radius 1 is 1.38 bits per heavy atom. The highest BCUT2D eigenvalue weighted by Gasteiger charge is 2.49. The third-order valence-corrected chi connectivity index (χ3v) is 6.13. The maximum Gasteiger partial charge on any atom is 0.452 e. The molecule has 34 heavy (non-hydrogen) atoms. The Labute approximate surface area is 195 Å². The molecule has 1 aromatic heterocycles. The average Bonchev–Trinajstić information content (AvgIpc) is 3.11. The Morgan fingerprint density at radius 2 is 2.03 bits per heavy atom. The number of alkyl halides is 5. The van der Waals surface area contributed by atoms with Crippen molar-refractivity contribution in [3.63, 3.8) is 0 Å². The van der Waals surface area contributed by atoms with Crippen LogP contribution in [-0.2, 0) is 20.6 Å². The second-order valence-electron chi connectivity index (χ2n) is 8.71. The van der Waals surface area contributed by atoms with Gasteiger partial charge in [-0.1, -0.05) is 23.7 Å². The number of halogens is 5. The van der Waals surface area contributed by atoms with Crippen LogP contribution in [0.2, 0.25) is 0 Å². The molecule has 1 aliphatic carbocycles. The van der Waals surface area contributed by atoms with Gasteiger partial charge in [-0.2, -0.15) is 13.2 Å². The summed E-state index contributed by atoms with van der Waals surface area (Å²) in [6, 6.07) is 0. The van der Waals surface area contributed by atoms with Crippen LogP contribution in [0.5, 0.6) is 0 Å². The molecule has 4 amide bonds. The zero-order valence-electron chi connectivity index (χ0n) is 17.9. The van der Waals surface area contributed by atoms with E-state index in [9.17, 15) is 36.7 Å². The number of nitrogens with one attached hydrogen (secondary N) is 2. The predicted molar refractivity (Wildman–Crippen MR) is 106 cm³/mol. The quantitative estimate of drug-likeness (QED) is 0.274. The van der Waals surface area contributed by atoms with E-state index in [1.807, 2.05) is 0 Å². The van der Waals surface area contributed by atoms with Crippen LogP contribution in [0.3, 0.4) is 0 Å². The molecule has 1 aliphatic heterocycles. The van der Waals surface area contributed by atoms with Crippen LogP contribution in [0.1, 0.15) is 60.3 Å². The maximum absolute atomic E-state index is 13.6. The van der Waals surface area contributed by atoms with Crippen LogP contribution in [-0.4, -0.2) is 52.5 Å². The molecule has 0 aromatic carbocycles. The molecule has 1 saturated carbocycles. The largest absolute Gasteiger partial charge is 0.452 e. The summed E-state index contributed by atoms with van der Waals surface area (Å²) in [6.45, 7) is 1.55. The lowest BCUT2D eigenvalue weighted by Crippen LogP contribution is -2.52. The van der Waals surface area contributed by atoms with E-state index in [4.69, 9.17) is 17.3 Å². The van der Waals surface area contributed by atoms with Crippen LogP contribution in [0.25, 0.3) is 0 Å². The molecule has 2 aliphatic rings. The van der Waals surface area contributed by atoms with Gasteiger partial charge in [-0.25, -0.2) is 9.40 Å². The third-order valence-electron chi connectivity index (χ3n) is 5.95. The Balaban J connectivity index is 1.98. The number of hydrogen-bond acceptors (Lipinski definition) is 6.